The molecular formula is C12H24N2O. The Morgan fingerprint density at radius 3 is 2.73 bits per heavy atom. The molecule has 0 aliphatic heterocycles. The van der Waals surface area contributed by atoms with Gasteiger partial charge in [-0.05, 0) is 25.2 Å². The lowest BCUT2D eigenvalue weighted by Crippen LogP contribution is -2.42. The molecule has 0 bridgehead atoms. The van der Waals surface area contributed by atoms with Crippen LogP contribution < -0.4 is 11.1 Å². The van der Waals surface area contributed by atoms with Crippen molar-refractivity contribution in [3.63, 3.8) is 0 Å². The van der Waals surface area contributed by atoms with E-state index in [4.69, 9.17) is 5.73 Å². The van der Waals surface area contributed by atoms with E-state index in [-0.39, 0.29) is 17.9 Å². The highest BCUT2D eigenvalue weighted by Crippen LogP contribution is 2.22. The minimum Gasteiger partial charge on any atom is -0.356 e. The molecule has 0 radical (unpaired) electrons. The van der Waals surface area contributed by atoms with E-state index in [0.29, 0.717) is 5.92 Å². The van der Waals surface area contributed by atoms with Crippen molar-refractivity contribution < 1.29 is 4.79 Å². The molecule has 3 N–H and O–H groups in total. The standard InChI is InChI=1S/C12H24N2O/c1-3-9(2)12(15)14-8-10-6-4-5-7-11(10)13/h9-11H,3-8,13H2,1-2H3,(H,14,15). The van der Waals surface area contributed by atoms with Crippen LogP contribution in [0.5, 0.6) is 0 Å². The second-order valence-electron chi connectivity index (χ2n) is 4.76. The molecule has 1 rings (SSSR count). The largest absolute Gasteiger partial charge is 0.356 e. The van der Waals surface area contributed by atoms with Crippen LogP contribution in [0.4, 0.5) is 0 Å². The first kappa shape index (κ1) is 12.5. The summed E-state index contributed by atoms with van der Waals surface area (Å²) in [5.41, 5.74) is 6.02. The molecule has 0 aromatic heterocycles. The van der Waals surface area contributed by atoms with Crippen molar-refractivity contribution in [2.45, 2.75) is 52.0 Å². The van der Waals surface area contributed by atoms with Crippen LogP contribution in [0, 0.1) is 11.8 Å². The van der Waals surface area contributed by atoms with Crippen LogP contribution in [-0.4, -0.2) is 18.5 Å². The smallest absolute Gasteiger partial charge is 0.222 e. The van der Waals surface area contributed by atoms with Crippen LogP contribution >= 0.6 is 0 Å². The third-order valence-electron chi connectivity index (χ3n) is 3.57. The Labute approximate surface area is 92.8 Å². The third kappa shape index (κ3) is 3.82. The summed E-state index contributed by atoms with van der Waals surface area (Å²) in [5.74, 6) is 0.798. The zero-order valence-corrected chi connectivity index (χ0v) is 9.96. The highest BCUT2D eigenvalue weighted by molar-refractivity contribution is 5.78. The normalized spacial score (nSPS) is 28.5. The topological polar surface area (TPSA) is 55.1 Å². The predicted molar refractivity (Wildman–Crippen MR) is 62.4 cm³/mol. The second kappa shape index (κ2) is 6.11. The number of hydrogen-bond donors (Lipinski definition) is 2. The fourth-order valence-electron chi connectivity index (χ4n) is 2.08. The van der Waals surface area contributed by atoms with Gasteiger partial charge in [0.15, 0.2) is 0 Å². The first-order chi connectivity index (χ1) is 7.15. The SMILES string of the molecule is CCC(C)C(=O)NCC1CCCCC1N. The molecule has 15 heavy (non-hydrogen) atoms. The van der Waals surface area contributed by atoms with Gasteiger partial charge in [-0.3, -0.25) is 4.79 Å². The lowest BCUT2D eigenvalue weighted by molar-refractivity contribution is -0.124. The maximum Gasteiger partial charge on any atom is 0.222 e. The summed E-state index contributed by atoms with van der Waals surface area (Å²) in [6.45, 7) is 4.77. The number of nitrogens with two attached hydrogens (primary N) is 1. The predicted octanol–water partition coefficient (Wildman–Crippen LogP) is 1.67. The molecule has 3 heteroatoms. The number of hydrogen-bond acceptors (Lipinski definition) is 2. The Balaban J connectivity index is 2.26. The first-order valence-corrected chi connectivity index (χ1v) is 6.18. The zero-order chi connectivity index (χ0) is 11.3. The van der Waals surface area contributed by atoms with Crippen molar-refractivity contribution in [1.29, 1.82) is 0 Å². The van der Waals surface area contributed by atoms with E-state index in [2.05, 4.69) is 5.32 Å². The highest BCUT2D eigenvalue weighted by Gasteiger charge is 2.22. The molecule has 1 amide bonds. The van der Waals surface area contributed by atoms with E-state index in [1.54, 1.807) is 0 Å². The van der Waals surface area contributed by atoms with Gasteiger partial charge in [0.25, 0.3) is 0 Å². The molecule has 3 nitrogen and oxygen atoms in total. The summed E-state index contributed by atoms with van der Waals surface area (Å²) in [4.78, 5) is 11.6. The Bertz CT molecular complexity index is 206. The van der Waals surface area contributed by atoms with Gasteiger partial charge in [0, 0.05) is 18.5 Å². The Morgan fingerprint density at radius 2 is 2.13 bits per heavy atom. The number of carbonyl (C=O) groups is 1. The first-order valence-electron chi connectivity index (χ1n) is 6.18. The van der Waals surface area contributed by atoms with Crippen LogP contribution in [-0.2, 0) is 4.79 Å². The molecule has 0 spiro atoms. The maximum atomic E-state index is 11.6. The van der Waals surface area contributed by atoms with Gasteiger partial charge in [0.05, 0.1) is 0 Å². The molecule has 3 unspecified atom stereocenters. The van der Waals surface area contributed by atoms with Gasteiger partial charge in [-0.2, -0.15) is 0 Å². The van der Waals surface area contributed by atoms with E-state index >= 15 is 0 Å². The second-order valence-corrected chi connectivity index (χ2v) is 4.76. The minimum atomic E-state index is 0.129. The van der Waals surface area contributed by atoms with Crippen molar-refractivity contribution >= 4 is 5.91 Å². The lowest BCUT2D eigenvalue weighted by Gasteiger charge is -2.28. The van der Waals surface area contributed by atoms with Crippen LogP contribution in [0.1, 0.15) is 46.0 Å². The van der Waals surface area contributed by atoms with Crippen molar-refractivity contribution in [3.05, 3.63) is 0 Å². The minimum absolute atomic E-state index is 0.129. The molecule has 1 aliphatic carbocycles. The van der Waals surface area contributed by atoms with Gasteiger partial charge < -0.3 is 11.1 Å². The molecule has 88 valence electrons. The van der Waals surface area contributed by atoms with Crippen LogP contribution in [0.15, 0.2) is 0 Å². The summed E-state index contributed by atoms with van der Waals surface area (Å²) in [5, 5.41) is 3.01. The van der Waals surface area contributed by atoms with E-state index in [1.165, 1.54) is 19.3 Å². The molecule has 3 atom stereocenters. The van der Waals surface area contributed by atoms with Crippen LogP contribution in [0.2, 0.25) is 0 Å². The maximum absolute atomic E-state index is 11.6. The lowest BCUT2D eigenvalue weighted by atomic mass is 9.85. The number of rotatable bonds is 4. The van der Waals surface area contributed by atoms with Gasteiger partial charge in [-0.25, -0.2) is 0 Å². The van der Waals surface area contributed by atoms with Gasteiger partial charge >= 0.3 is 0 Å². The molecule has 0 saturated heterocycles. The number of carbonyl (C=O) groups excluding carboxylic acids is 1. The molecule has 1 aliphatic rings. The van der Waals surface area contributed by atoms with Crippen LogP contribution in [0.25, 0.3) is 0 Å². The molecule has 0 aromatic carbocycles. The quantitative estimate of drug-likeness (QED) is 0.744. The molecule has 0 heterocycles. The Morgan fingerprint density at radius 1 is 1.47 bits per heavy atom. The third-order valence-corrected chi connectivity index (χ3v) is 3.57. The Kier molecular flexibility index (Phi) is 5.09. The number of amides is 1. The molecular weight excluding hydrogens is 188 g/mol. The fourth-order valence-corrected chi connectivity index (χ4v) is 2.08. The van der Waals surface area contributed by atoms with Gasteiger partial charge in [0.2, 0.25) is 5.91 Å². The van der Waals surface area contributed by atoms with Crippen molar-refractivity contribution in [3.8, 4) is 0 Å². The van der Waals surface area contributed by atoms with E-state index in [1.807, 2.05) is 13.8 Å². The summed E-state index contributed by atoms with van der Waals surface area (Å²) in [6.07, 6.45) is 5.70. The summed E-state index contributed by atoms with van der Waals surface area (Å²) in [6, 6.07) is 0.288. The average Bonchev–Trinajstić information content (AvgIpc) is 2.26. The molecule has 1 fully saturated rings. The summed E-state index contributed by atoms with van der Waals surface area (Å²) < 4.78 is 0. The van der Waals surface area contributed by atoms with Crippen LogP contribution in [0.3, 0.4) is 0 Å². The summed E-state index contributed by atoms with van der Waals surface area (Å²) in [7, 11) is 0. The summed E-state index contributed by atoms with van der Waals surface area (Å²) >= 11 is 0. The molecule has 1 saturated carbocycles. The monoisotopic (exact) mass is 212 g/mol. The van der Waals surface area contributed by atoms with Gasteiger partial charge in [-0.15, -0.1) is 0 Å². The van der Waals surface area contributed by atoms with E-state index < -0.39 is 0 Å². The van der Waals surface area contributed by atoms with Gasteiger partial charge in [-0.1, -0.05) is 26.7 Å². The zero-order valence-electron chi connectivity index (χ0n) is 9.96. The van der Waals surface area contributed by atoms with Crippen molar-refractivity contribution in [2.75, 3.05) is 6.54 Å². The van der Waals surface area contributed by atoms with E-state index in [9.17, 15) is 4.79 Å². The Hall–Kier alpha value is -0.570. The average molecular weight is 212 g/mol. The number of nitrogens with one attached hydrogen (secondary N) is 1. The van der Waals surface area contributed by atoms with Crippen molar-refractivity contribution in [1.82, 2.24) is 5.32 Å². The molecule has 0 aromatic rings. The fraction of sp³-hybridized carbons (Fsp3) is 0.917. The van der Waals surface area contributed by atoms with Gasteiger partial charge in [0.1, 0.15) is 0 Å². The van der Waals surface area contributed by atoms with Crippen molar-refractivity contribution in [2.24, 2.45) is 17.6 Å². The van der Waals surface area contributed by atoms with E-state index in [0.717, 1.165) is 19.4 Å². The highest BCUT2D eigenvalue weighted by atomic mass is 16.1.